The van der Waals surface area contributed by atoms with E-state index in [1.807, 2.05) is 0 Å². The van der Waals surface area contributed by atoms with Gasteiger partial charge >= 0.3 is 0 Å². The summed E-state index contributed by atoms with van der Waals surface area (Å²) >= 11 is 0. The van der Waals surface area contributed by atoms with Gasteiger partial charge in [0, 0.05) is 24.7 Å². The van der Waals surface area contributed by atoms with Crippen LogP contribution in [0, 0.1) is 11.8 Å². The lowest BCUT2D eigenvalue weighted by Crippen LogP contribution is -2.34. The number of benzene rings is 1. The van der Waals surface area contributed by atoms with Crippen molar-refractivity contribution in [3.8, 4) is 5.75 Å². The third-order valence-electron chi connectivity index (χ3n) is 4.85. The summed E-state index contributed by atoms with van der Waals surface area (Å²) in [6, 6.07) is 7.06. The second-order valence-electron chi connectivity index (χ2n) is 6.36. The van der Waals surface area contributed by atoms with Crippen molar-refractivity contribution in [2.45, 2.75) is 32.1 Å². The van der Waals surface area contributed by atoms with Gasteiger partial charge in [0.15, 0.2) is 0 Å². The maximum atomic E-state index is 12.4. The first-order valence-corrected chi connectivity index (χ1v) is 8.39. The van der Waals surface area contributed by atoms with Gasteiger partial charge in [-0.3, -0.25) is 19.3 Å². The average molecular weight is 330 g/mol. The third kappa shape index (κ3) is 3.27. The molecule has 0 radical (unpaired) electrons. The first-order chi connectivity index (χ1) is 11.6. The van der Waals surface area contributed by atoms with Gasteiger partial charge in [-0.15, -0.1) is 0 Å². The van der Waals surface area contributed by atoms with Crippen LogP contribution in [-0.2, 0) is 14.4 Å². The van der Waals surface area contributed by atoms with Crippen molar-refractivity contribution in [1.82, 2.24) is 4.90 Å². The van der Waals surface area contributed by atoms with Gasteiger partial charge < -0.3 is 10.1 Å². The summed E-state index contributed by atoms with van der Waals surface area (Å²) < 4.78 is 5.11. The van der Waals surface area contributed by atoms with E-state index >= 15 is 0 Å². The summed E-state index contributed by atoms with van der Waals surface area (Å²) in [5.41, 5.74) is 0.632. The smallest absolute Gasteiger partial charge is 0.233 e. The molecule has 128 valence electrons. The van der Waals surface area contributed by atoms with Crippen LogP contribution >= 0.6 is 0 Å². The summed E-state index contributed by atoms with van der Waals surface area (Å²) in [6.07, 6.45) is 3.70. The molecule has 1 saturated carbocycles. The molecule has 2 atom stereocenters. The number of ether oxygens (including phenoxy) is 1. The molecule has 1 aromatic carbocycles. The minimum atomic E-state index is -0.223. The summed E-state index contributed by atoms with van der Waals surface area (Å²) in [5.74, 6) is -0.0846. The summed E-state index contributed by atoms with van der Waals surface area (Å²) in [6.45, 7) is 0.153. The number of nitrogens with zero attached hydrogens (tertiary/aromatic N) is 1. The van der Waals surface area contributed by atoms with E-state index in [0.717, 1.165) is 25.7 Å². The van der Waals surface area contributed by atoms with Crippen LogP contribution in [0.3, 0.4) is 0 Å². The first kappa shape index (κ1) is 16.5. The Hall–Kier alpha value is -2.37. The maximum Gasteiger partial charge on any atom is 0.233 e. The molecule has 0 unspecified atom stereocenters. The van der Waals surface area contributed by atoms with Gasteiger partial charge in [-0.05, 0) is 25.0 Å². The number of rotatable bonds is 5. The van der Waals surface area contributed by atoms with Crippen molar-refractivity contribution in [3.63, 3.8) is 0 Å². The van der Waals surface area contributed by atoms with Crippen LogP contribution in [0.4, 0.5) is 5.69 Å². The zero-order valence-corrected chi connectivity index (χ0v) is 13.8. The van der Waals surface area contributed by atoms with Crippen molar-refractivity contribution < 1.29 is 19.1 Å². The van der Waals surface area contributed by atoms with Gasteiger partial charge in [-0.1, -0.05) is 18.9 Å². The van der Waals surface area contributed by atoms with Crippen LogP contribution in [0.15, 0.2) is 24.3 Å². The van der Waals surface area contributed by atoms with Gasteiger partial charge in [0.1, 0.15) is 5.75 Å². The molecule has 1 heterocycles. The Morgan fingerprint density at radius 2 is 1.88 bits per heavy atom. The number of amides is 3. The fourth-order valence-electron chi connectivity index (χ4n) is 3.59. The third-order valence-corrected chi connectivity index (χ3v) is 4.85. The Bertz CT molecular complexity index is 634. The number of methoxy groups -OCH3 is 1. The molecule has 6 nitrogen and oxygen atoms in total. The summed E-state index contributed by atoms with van der Waals surface area (Å²) in [5, 5.41) is 2.76. The molecule has 1 aliphatic carbocycles. The van der Waals surface area contributed by atoms with E-state index < -0.39 is 0 Å². The molecule has 1 aromatic rings. The van der Waals surface area contributed by atoms with E-state index in [-0.39, 0.29) is 42.5 Å². The van der Waals surface area contributed by atoms with E-state index in [9.17, 15) is 14.4 Å². The molecule has 3 rings (SSSR count). The molecule has 2 aliphatic rings. The zero-order valence-electron chi connectivity index (χ0n) is 13.8. The van der Waals surface area contributed by atoms with E-state index in [4.69, 9.17) is 4.74 Å². The molecule has 1 saturated heterocycles. The molecule has 6 heteroatoms. The molecule has 24 heavy (non-hydrogen) atoms. The van der Waals surface area contributed by atoms with E-state index in [1.165, 1.54) is 4.90 Å². The quantitative estimate of drug-likeness (QED) is 0.840. The highest BCUT2D eigenvalue weighted by molar-refractivity contribution is 6.05. The lowest BCUT2D eigenvalue weighted by Gasteiger charge is -2.19. The van der Waals surface area contributed by atoms with Crippen LogP contribution in [0.5, 0.6) is 5.75 Å². The number of nitrogens with one attached hydrogen (secondary N) is 1. The van der Waals surface area contributed by atoms with Crippen LogP contribution < -0.4 is 10.1 Å². The molecule has 1 N–H and O–H groups in total. The topological polar surface area (TPSA) is 75.7 Å². The predicted octanol–water partition coefficient (Wildman–Crippen LogP) is 2.20. The number of imide groups is 1. The molecule has 3 amide bonds. The van der Waals surface area contributed by atoms with E-state index in [1.54, 1.807) is 31.4 Å². The van der Waals surface area contributed by atoms with Gasteiger partial charge in [-0.25, -0.2) is 0 Å². The van der Waals surface area contributed by atoms with E-state index in [0.29, 0.717) is 11.4 Å². The number of fused-ring (bicyclic) bond motifs is 1. The average Bonchev–Trinajstić information content (AvgIpc) is 2.84. The minimum Gasteiger partial charge on any atom is -0.497 e. The van der Waals surface area contributed by atoms with Crippen LogP contribution in [0.25, 0.3) is 0 Å². The standard InChI is InChI=1S/C18H22N2O4/c1-24-13-6-4-5-12(11-13)19-16(21)9-10-20-17(22)14-7-2-3-8-15(14)18(20)23/h4-6,11,14-15H,2-3,7-10H2,1H3,(H,19,21)/t14-,15-/m1/s1. The van der Waals surface area contributed by atoms with Gasteiger partial charge in [0.2, 0.25) is 17.7 Å². The Morgan fingerprint density at radius 1 is 1.21 bits per heavy atom. The fourth-order valence-corrected chi connectivity index (χ4v) is 3.59. The minimum absolute atomic E-state index is 0.0983. The van der Waals surface area contributed by atoms with Crippen molar-refractivity contribution in [2.75, 3.05) is 19.0 Å². The Labute approximate surface area is 141 Å². The highest BCUT2D eigenvalue weighted by atomic mass is 16.5. The Balaban J connectivity index is 1.56. The van der Waals surface area contributed by atoms with Gasteiger partial charge in [0.05, 0.1) is 18.9 Å². The van der Waals surface area contributed by atoms with Crippen LogP contribution in [0.2, 0.25) is 0 Å². The SMILES string of the molecule is COc1cccc(NC(=O)CCN2C(=O)[C@@H]3CCCC[C@H]3C2=O)c1. The molecule has 0 spiro atoms. The summed E-state index contributed by atoms with van der Waals surface area (Å²) in [4.78, 5) is 38.1. The number of hydrogen-bond acceptors (Lipinski definition) is 4. The van der Waals surface area contributed by atoms with Crippen LogP contribution in [0.1, 0.15) is 32.1 Å². The molecule has 0 bridgehead atoms. The normalized spacial score (nSPS) is 23.1. The Morgan fingerprint density at radius 3 is 2.50 bits per heavy atom. The highest BCUT2D eigenvalue weighted by Gasteiger charge is 2.47. The largest absolute Gasteiger partial charge is 0.497 e. The second kappa shape index (κ2) is 7.03. The second-order valence-corrected chi connectivity index (χ2v) is 6.36. The van der Waals surface area contributed by atoms with Crippen molar-refractivity contribution in [2.24, 2.45) is 11.8 Å². The number of carbonyl (C=O) groups excluding carboxylic acids is 3. The molecular formula is C18H22N2O4. The molecule has 2 fully saturated rings. The van der Waals surface area contributed by atoms with Gasteiger partial charge in [-0.2, -0.15) is 0 Å². The van der Waals surface area contributed by atoms with E-state index in [2.05, 4.69) is 5.32 Å². The highest BCUT2D eigenvalue weighted by Crippen LogP contribution is 2.37. The van der Waals surface area contributed by atoms with Crippen molar-refractivity contribution in [1.29, 1.82) is 0 Å². The molecular weight excluding hydrogens is 308 g/mol. The maximum absolute atomic E-state index is 12.4. The van der Waals surface area contributed by atoms with Gasteiger partial charge in [0.25, 0.3) is 0 Å². The number of likely N-dealkylation sites (tertiary alicyclic amines) is 1. The lowest BCUT2D eigenvalue weighted by molar-refractivity contribution is -0.140. The van der Waals surface area contributed by atoms with Crippen molar-refractivity contribution >= 4 is 23.4 Å². The summed E-state index contributed by atoms with van der Waals surface area (Å²) in [7, 11) is 1.56. The number of anilines is 1. The predicted molar refractivity (Wildman–Crippen MR) is 88.4 cm³/mol. The van der Waals surface area contributed by atoms with Crippen molar-refractivity contribution in [3.05, 3.63) is 24.3 Å². The monoisotopic (exact) mass is 330 g/mol. The molecule has 1 aliphatic heterocycles. The Kier molecular flexibility index (Phi) is 4.83. The fraction of sp³-hybridized carbons (Fsp3) is 0.500. The zero-order chi connectivity index (χ0) is 17.1. The molecule has 0 aromatic heterocycles. The number of hydrogen-bond donors (Lipinski definition) is 1. The van der Waals surface area contributed by atoms with Crippen LogP contribution in [-0.4, -0.2) is 36.3 Å². The first-order valence-electron chi connectivity index (χ1n) is 8.39. The lowest BCUT2D eigenvalue weighted by atomic mass is 9.81. The number of carbonyl (C=O) groups is 3.